The van der Waals surface area contributed by atoms with Crippen LogP contribution < -0.4 is 10.5 Å². The van der Waals surface area contributed by atoms with Crippen molar-refractivity contribution in [3.05, 3.63) is 106 Å². The molecule has 0 unspecified atom stereocenters. The van der Waals surface area contributed by atoms with E-state index < -0.39 is 15.9 Å². The summed E-state index contributed by atoms with van der Waals surface area (Å²) in [6.07, 6.45) is 6.88. The number of fused-ring (bicyclic) bond motifs is 1. The average molecular weight is 577 g/mol. The smallest absolute Gasteiger partial charge is 0.282 e. The molecule has 37 heavy (non-hydrogen) atoms. The van der Waals surface area contributed by atoms with Crippen LogP contribution in [0.3, 0.4) is 0 Å². The van der Waals surface area contributed by atoms with Crippen molar-refractivity contribution in [2.75, 3.05) is 5.73 Å². The van der Waals surface area contributed by atoms with E-state index in [4.69, 9.17) is 5.73 Å². The van der Waals surface area contributed by atoms with Crippen LogP contribution in [0, 0.1) is 0 Å². The second-order valence-corrected chi connectivity index (χ2v) is 11.0. The molecule has 1 amide bonds. The maximum atomic E-state index is 13.8. The summed E-state index contributed by atoms with van der Waals surface area (Å²) in [7, 11) is -4.18. The highest BCUT2D eigenvalue weighted by Gasteiger charge is 2.30. The first-order valence-corrected chi connectivity index (χ1v) is 13.6. The third-order valence-corrected chi connectivity index (χ3v) is 7.82. The summed E-state index contributed by atoms with van der Waals surface area (Å²) in [5, 5.41) is 0.633. The Balaban J connectivity index is 1.75. The lowest BCUT2D eigenvalue weighted by molar-refractivity contribution is -0.113. The summed E-state index contributed by atoms with van der Waals surface area (Å²) in [5.74, 6) is -0.712. The number of anilines is 1. The fraction of sp³-hybridized carbons (Fsp3) is 0.0741. The number of nitrogens with zero attached hydrogens (tertiary/aromatic N) is 2. The number of rotatable bonds is 6. The number of benzene rings is 2. The zero-order chi connectivity index (χ0) is 26.2. The molecule has 186 valence electrons. The maximum absolute atomic E-state index is 13.8. The van der Waals surface area contributed by atoms with Crippen molar-refractivity contribution < 1.29 is 18.0 Å². The largest absolute Gasteiger partial charge is 0.384 e. The van der Waals surface area contributed by atoms with Gasteiger partial charge in [0.25, 0.3) is 15.9 Å². The van der Waals surface area contributed by atoms with E-state index in [1.54, 1.807) is 59.3 Å². The summed E-state index contributed by atoms with van der Waals surface area (Å²) in [6.45, 7) is 0.191. The lowest BCUT2D eigenvalue weighted by Crippen LogP contribution is -2.33. The number of amides is 1. The van der Waals surface area contributed by atoms with Crippen molar-refractivity contribution in [3.8, 4) is 0 Å². The van der Waals surface area contributed by atoms with Gasteiger partial charge in [-0.15, -0.1) is 0 Å². The molecule has 4 aromatic rings. The Hall–Kier alpha value is -4.02. The fourth-order valence-electron chi connectivity index (χ4n) is 4.37. The molecule has 2 heterocycles. The lowest BCUT2D eigenvalue weighted by Gasteiger charge is -2.15. The van der Waals surface area contributed by atoms with Gasteiger partial charge < -0.3 is 10.3 Å². The number of nitrogens with one attached hydrogen (secondary N) is 1. The van der Waals surface area contributed by atoms with Gasteiger partial charge >= 0.3 is 0 Å². The average Bonchev–Trinajstić information content (AvgIpc) is 3.17. The second-order valence-electron chi connectivity index (χ2n) is 8.44. The molecular weight excluding hydrogens is 556 g/mol. The zero-order valence-corrected chi connectivity index (χ0v) is 21.8. The summed E-state index contributed by atoms with van der Waals surface area (Å²) in [6, 6.07) is 16.5. The molecule has 1 aliphatic rings. The zero-order valence-electron chi connectivity index (χ0n) is 19.4. The molecule has 0 saturated heterocycles. The third kappa shape index (κ3) is 4.85. The number of carbonyl (C=O) groups is 2. The molecule has 0 fully saturated rings. The van der Waals surface area contributed by atoms with Crippen LogP contribution in [-0.2, 0) is 21.4 Å². The van der Waals surface area contributed by atoms with Crippen LogP contribution in [0.2, 0.25) is 0 Å². The van der Waals surface area contributed by atoms with E-state index in [1.807, 2.05) is 18.2 Å². The van der Waals surface area contributed by atoms with Crippen molar-refractivity contribution >= 4 is 59.9 Å². The second kappa shape index (κ2) is 9.79. The van der Waals surface area contributed by atoms with Crippen LogP contribution in [0.4, 0.5) is 5.82 Å². The Morgan fingerprint density at radius 3 is 2.62 bits per heavy atom. The summed E-state index contributed by atoms with van der Waals surface area (Å²) >= 11 is 3.48. The number of nitrogens with two attached hydrogens (primary N) is 1. The molecule has 0 aliphatic heterocycles. The molecule has 0 spiro atoms. The van der Waals surface area contributed by atoms with E-state index in [0.29, 0.717) is 27.9 Å². The fourth-order valence-corrected chi connectivity index (χ4v) is 5.70. The quantitative estimate of drug-likeness (QED) is 0.349. The number of hydrogen-bond donors (Lipinski definition) is 2. The van der Waals surface area contributed by atoms with E-state index in [0.717, 1.165) is 10.0 Å². The van der Waals surface area contributed by atoms with Crippen LogP contribution in [0.15, 0.2) is 94.5 Å². The minimum absolute atomic E-state index is 0.0481. The molecule has 1 aliphatic carbocycles. The van der Waals surface area contributed by atoms with Gasteiger partial charge in [0.05, 0.1) is 4.90 Å². The highest BCUT2D eigenvalue weighted by atomic mass is 79.9. The van der Waals surface area contributed by atoms with Crippen LogP contribution >= 0.6 is 15.9 Å². The highest BCUT2D eigenvalue weighted by Crippen LogP contribution is 2.36. The molecule has 2 aromatic carbocycles. The number of hydrogen-bond acceptors (Lipinski definition) is 6. The number of allylic oxidation sites excluding steroid dienone is 4. The molecular formula is C27H21BrN4O4S. The van der Waals surface area contributed by atoms with Gasteiger partial charge in [-0.25, -0.2) is 18.1 Å². The van der Waals surface area contributed by atoms with Crippen molar-refractivity contribution in [1.82, 2.24) is 14.3 Å². The Labute approximate surface area is 221 Å². The van der Waals surface area contributed by atoms with Crippen molar-refractivity contribution in [2.45, 2.75) is 17.9 Å². The number of aromatic nitrogens is 2. The number of halogens is 1. The summed E-state index contributed by atoms with van der Waals surface area (Å²) in [5.41, 5.74) is 8.05. The number of sulfonamides is 1. The number of Topliss-reactive ketones (excluding diaryl/α,β-unsaturated/α-hetero) is 1. The number of nitrogen functional groups attached to an aromatic ring is 1. The molecule has 0 saturated carbocycles. The molecule has 0 radical (unpaired) electrons. The van der Waals surface area contributed by atoms with Crippen LogP contribution in [0.5, 0.6) is 0 Å². The van der Waals surface area contributed by atoms with Gasteiger partial charge in [0.2, 0.25) is 0 Å². The Morgan fingerprint density at radius 1 is 1.11 bits per heavy atom. The normalized spacial score (nSPS) is 13.5. The van der Waals surface area contributed by atoms with Gasteiger partial charge in [-0.3, -0.25) is 9.59 Å². The Bertz CT molecular complexity index is 1720. The van der Waals surface area contributed by atoms with Crippen molar-refractivity contribution in [2.24, 2.45) is 0 Å². The van der Waals surface area contributed by atoms with Gasteiger partial charge in [0, 0.05) is 45.7 Å². The van der Waals surface area contributed by atoms with E-state index in [-0.39, 0.29) is 29.3 Å². The minimum Gasteiger partial charge on any atom is -0.384 e. The lowest BCUT2D eigenvalue weighted by atomic mass is 9.93. The first kappa shape index (κ1) is 24.7. The topological polar surface area (TPSA) is 124 Å². The molecule has 2 aromatic heterocycles. The van der Waals surface area contributed by atoms with Crippen LogP contribution in [-0.4, -0.2) is 29.7 Å². The monoisotopic (exact) mass is 576 g/mol. The van der Waals surface area contributed by atoms with Gasteiger partial charge in [-0.2, -0.15) is 0 Å². The van der Waals surface area contributed by atoms with Gasteiger partial charge in [-0.1, -0.05) is 52.4 Å². The minimum atomic E-state index is -4.18. The predicted molar refractivity (Wildman–Crippen MR) is 145 cm³/mol. The predicted octanol–water partition coefficient (Wildman–Crippen LogP) is 4.46. The molecule has 3 N–H and O–H groups in total. The van der Waals surface area contributed by atoms with Gasteiger partial charge in [0.1, 0.15) is 11.5 Å². The van der Waals surface area contributed by atoms with Crippen LogP contribution in [0.1, 0.15) is 28.0 Å². The SMILES string of the molecule is Nc1cc(Cn2c(C(=O)NS(=O)(=O)c3ccccc3)c(C3=CC=CCC3=O)c3cc(Br)ccc32)ccn1. The van der Waals surface area contributed by atoms with E-state index >= 15 is 0 Å². The van der Waals surface area contributed by atoms with Crippen LogP contribution in [0.25, 0.3) is 16.5 Å². The number of pyridine rings is 1. The highest BCUT2D eigenvalue weighted by molar-refractivity contribution is 9.10. The van der Waals surface area contributed by atoms with E-state index in [2.05, 4.69) is 25.6 Å². The van der Waals surface area contributed by atoms with Crippen molar-refractivity contribution in [3.63, 3.8) is 0 Å². The number of carbonyl (C=O) groups excluding carboxylic acids is 2. The summed E-state index contributed by atoms with van der Waals surface area (Å²) in [4.78, 5) is 30.8. The molecule has 0 atom stereocenters. The first-order valence-electron chi connectivity index (χ1n) is 11.3. The molecule has 0 bridgehead atoms. The Kier molecular flexibility index (Phi) is 6.53. The van der Waals surface area contributed by atoms with Crippen molar-refractivity contribution in [1.29, 1.82) is 0 Å². The van der Waals surface area contributed by atoms with E-state index in [1.165, 1.54) is 12.1 Å². The van der Waals surface area contributed by atoms with Gasteiger partial charge in [-0.05, 0) is 48.0 Å². The standard InChI is InChI=1S/C27H21BrN4O4S/c28-18-10-11-22-21(15-18)25(20-8-4-5-9-23(20)33)26(32(22)16-17-12-13-30-24(29)14-17)27(34)31-37(35,36)19-6-2-1-3-7-19/h1-8,10-15H,9,16H2,(H2,29,30)(H,31,34). The summed E-state index contributed by atoms with van der Waals surface area (Å²) < 4.78 is 30.8. The molecule has 10 heteroatoms. The first-order chi connectivity index (χ1) is 17.7. The number of ketones is 1. The maximum Gasteiger partial charge on any atom is 0.282 e. The Morgan fingerprint density at radius 2 is 1.89 bits per heavy atom. The molecule has 5 rings (SSSR count). The molecule has 8 nitrogen and oxygen atoms in total. The van der Waals surface area contributed by atoms with E-state index in [9.17, 15) is 18.0 Å². The van der Waals surface area contributed by atoms with Gasteiger partial charge in [0.15, 0.2) is 5.78 Å². The third-order valence-electron chi connectivity index (χ3n) is 5.98.